The molecule has 0 bridgehead atoms. The first-order chi connectivity index (χ1) is 21.1. The van der Waals surface area contributed by atoms with Gasteiger partial charge in [0.2, 0.25) is 11.8 Å². The molecule has 1 saturated carbocycles. The summed E-state index contributed by atoms with van der Waals surface area (Å²) in [7, 11) is 4.03. The van der Waals surface area contributed by atoms with E-state index in [1.54, 1.807) is 12.1 Å². The molecular weight excluding hydrogens is 633 g/mol. The molecule has 6 atom stereocenters. The van der Waals surface area contributed by atoms with E-state index in [-0.39, 0.29) is 30.0 Å². The second-order valence-corrected chi connectivity index (χ2v) is 13.1. The molecule has 234 valence electrons. The summed E-state index contributed by atoms with van der Waals surface area (Å²) < 4.78 is 0. The Morgan fingerprint density at radius 3 is 2.13 bits per heavy atom. The molecule has 45 heavy (non-hydrogen) atoms. The van der Waals surface area contributed by atoms with Crippen LogP contribution < -0.4 is 9.80 Å². The van der Waals surface area contributed by atoms with Crippen LogP contribution in [0.3, 0.4) is 0 Å². The molecule has 2 saturated heterocycles. The third-order valence-electron chi connectivity index (χ3n) is 9.37. The monoisotopic (exact) mass is 657 g/mol. The number of likely N-dealkylation sites (tertiary alicyclic amines) is 1. The van der Waals surface area contributed by atoms with E-state index in [1.165, 1.54) is 44.2 Å². The van der Waals surface area contributed by atoms with Crippen molar-refractivity contribution >= 4 is 69.6 Å². The highest BCUT2D eigenvalue weighted by Gasteiger charge is 2.76. The number of fused-ring (bicyclic) bond motifs is 4. The third-order valence-corrected chi connectivity index (χ3v) is 10.8. The number of phenolic OH excluding ortho intramolecular Hbond substituents is 1. The van der Waals surface area contributed by atoms with Gasteiger partial charge in [0.15, 0.2) is 15.4 Å². The van der Waals surface area contributed by atoms with E-state index in [0.717, 1.165) is 17.0 Å². The number of nitrogens with zero attached hydrogens (tertiary/aromatic N) is 5. The Morgan fingerprint density at radius 2 is 1.58 bits per heavy atom. The van der Waals surface area contributed by atoms with Gasteiger partial charge < -0.3 is 10.0 Å². The first kappa shape index (κ1) is 30.5. The van der Waals surface area contributed by atoms with E-state index in [9.17, 15) is 44.5 Å². The number of amides is 4. The van der Waals surface area contributed by atoms with E-state index >= 15 is 0 Å². The molecule has 2 aliphatic carbocycles. The summed E-state index contributed by atoms with van der Waals surface area (Å²) in [6, 6.07) is 7.83. The van der Waals surface area contributed by atoms with Crippen molar-refractivity contribution < 1.29 is 34.1 Å². The second kappa shape index (κ2) is 9.97. The van der Waals surface area contributed by atoms with Gasteiger partial charge in [-0.2, -0.15) is 0 Å². The van der Waals surface area contributed by atoms with Gasteiger partial charge in [0.25, 0.3) is 11.8 Å². The van der Waals surface area contributed by atoms with Gasteiger partial charge in [-0.1, -0.05) is 23.8 Å². The number of nitro benzene ring substituents is 2. The minimum atomic E-state index is -2.04. The molecule has 2 aromatic carbocycles. The van der Waals surface area contributed by atoms with E-state index in [2.05, 4.69) is 0 Å². The Bertz CT molecular complexity index is 1760. The topological polar surface area (TPSA) is 185 Å². The Kier molecular flexibility index (Phi) is 6.75. The second-order valence-electron chi connectivity index (χ2n) is 11.8. The van der Waals surface area contributed by atoms with Gasteiger partial charge >= 0.3 is 11.4 Å². The lowest BCUT2D eigenvalue weighted by atomic mass is 9.56. The number of halogens is 2. The number of rotatable bonds is 5. The van der Waals surface area contributed by atoms with Crippen molar-refractivity contribution in [1.29, 1.82) is 0 Å². The maximum atomic E-state index is 14.2. The Balaban J connectivity index is 1.51. The average molecular weight is 658 g/mol. The molecule has 2 aromatic rings. The van der Waals surface area contributed by atoms with Crippen LogP contribution in [-0.2, 0) is 19.2 Å². The highest BCUT2D eigenvalue weighted by Crippen LogP contribution is 2.65. The summed E-state index contributed by atoms with van der Waals surface area (Å²) in [5.74, 6) is -7.29. The number of carbonyl (C=O) groups excluding carboxylic acids is 4. The number of phenols is 1. The average Bonchev–Trinajstić information content (AvgIpc) is 3.31. The quantitative estimate of drug-likeness (QED) is 0.164. The summed E-state index contributed by atoms with van der Waals surface area (Å²) in [6.45, 7) is 0. The van der Waals surface area contributed by atoms with Crippen LogP contribution in [0.15, 0.2) is 48.0 Å². The smallest absolute Gasteiger partial charge is 0.301 e. The van der Waals surface area contributed by atoms with Gasteiger partial charge in [0, 0.05) is 39.2 Å². The number of anilines is 2. The third kappa shape index (κ3) is 3.94. The highest BCUT2D eigenvalue weighted by atomic mass is 35.5. The SMILES string of the molecule is CN1C(=O)C2(Cl)CC3C(=CCC4C(=O)N(c5cc([N+](=O)[O-])c(N(C)C)c([N+](=O)[O-])c5)C(=O)C43)C(c3cccc(O)c3)C2(Cl)C1=O. The fraction of sp³-hybridized carbons (Fsp3) is 0.379. The van der Waals surface area contributed by atoms with E-state index in [4.69, 9.17) is 23.2 Å². The normalized spacial score (nSPS) is 30.6. The number of aromatic hydroxyl groups is 1. The Hall–Kier alpha value is -4.56. The van der Waals surface area contributed by atoms with Crippen LogP contribution in [0.25, 0.3) is 0 Å². The fourth-order valence-corrected chi connectivity index (χ4v) is 8.55. The lowest BCUT2D eigenvalue weighted by molar-refractivity contribution is -0.392. The van der Waals surface area contributed by atoms with Crippen LogP contribution in [0.4, 0.5) is 22.7 Å². The molecule has 14 nitrogen and oxygen atoms in total. The molecule has 0 aromatic heterocycles. The first-order valence-electron chi connectivity index (χ1n) is 13.8. The highest BCUT2D eigenvalue weighted by molar-refractivity contribution is 6.53. The van der Waals surface area contributed by atoms with Crippen molar-refractivity contribution in [2.75, 3.05) is 30.9 Å². The van der Waals surface area contributed by atoms with Crippen molar-refractivity contribution in [2.45, 2.75) is 28.5 Å². The maximum absolute atomic E-state index is 14.2. The Labute approximate surface area is 265 Å². The molecule has 0 spiro atoms. The number of nitro groups is 2. The van der Waals surface area contributed by atoms with E-state index in [0.29, 0.717) is 16.0 Å². The van der Waals surface area contributed by atoms with Gasteiger partial charge in [-0.3, -0.25) is 44.3 Å². The molecule has 4 amide bonds. The molecule has 2 aliphatic heterocycles. The molecule has 3 fully saturated rings. The molecule has 16 heteroatoms. The molecule has 0 radical (unpaired) electrons. The largest absolute Gasteiger partial charge is 0.508 e. The van der Waals surface area contributed by atoms with Gasteiger partial charge in [-0.15, -0.1) is 23.2 Å². The number of carbonyl (C=O) groups is 4. The van der Waals surface area contributed by atoms with Crippen LogP contribution in [0, 0.1) is 38.0 Å². The van der Waals surface area contributed by atoms with Gasteiger partial charge in [-0.05, 0) is 36.5 Å². The number of allylic oxidation sites excluding steroid dienone is 2. The summed E-state index contributed by atoms with van der Waals surface area (Å²) in [5, 5.41) is 34.2. The van der Waals surface area contributed by atoms with Crippen LogP contribution in [0.2, 0.25) is 0 Å². The Morgan fingerprint density at radius 1 is 0.956 bits per heavy atom. The van der Waals surface area contributed by atoms with Gasteiger partial charge in [0.1, 0.15) is 5.75 Å². The fourth-order valence-electron chi connectivity index (χ4n) is 7.53. The van der Waals surface area contributed by atoms with Crippen molar-refractivity contribution in [1.82, 2.24) is 4.90 Å². The van der Waals surface area contributed by atoms with Crippen LogP contribution in [0.1, 0.15) is 24.3 Å². The van der Waals surface area contributed by atoms with Crippen molar-refractivity contribution in [3.8, 4) is 5.75 Å². The van der Waals surface area contributed by atoms with E-state index < -0.39 is 78.3 Å². The lowest BCUT2D eigenvalue weighted by Crippen LogP contribution is -2.60. The number of hydrogen-bond acceptors (Lipinski definition) is 10. The number of benzene rings is 2. The standard InChI is InChI=1S/C29H25Cl2N5O9/c1-32(2)23-19(35(42)43)10-14(11-20(23)36(44)45)34-24(38)17-8-7-16-18(21(17)25(34)39)12-28(30)26(40)33(3)27(41)29(28,31)22(16)13-5-4-6-15(37)9-13/h4-7,9-11,17-18,21-22,37H,8,12H2,1-3H3. The number of alkyl halides is 2. The predicted molar refractivity (Wildman–Crippen MR) is 160 cm³/mol. The summed E-state index contributed by atoms with van der Waals surface area (Å²) in [5.41, 5.74) is -1.17. The van der Waals surface area contributed by atoms with Gasteiger partial charge in [0.05, 0.1) is 27.4 Å². The molecular formula is C29H25Cl2N5O9. The van der Waals surface area contributed by atoms with Crippen LogP contribution >= 0.6 is 23.2 Å². The zero-order chi connectivity index (χ0) is 32.9. The minimum absolute atomic E-state index is 0.00703. The number of hydrogen-bond donors (Lipinski definition) is 1. The summed E-state index contributed by atoms with van der Waals surface area (Å²) >= 11 is 14.2. The molecule has 6 unspecified atom stereocenters. The zero-order valence-electron chi connectivity index (χ0n) is 24.0. The minimum Gasteiger partial charge on any atom is -0.508 e. The van der Waals surface area contributed by atoms with Crippen molar-refractivity contribution in [2.24, 2.45) is 17.8 Å². The summed E-state index contributed by atoms with van der Waals surface area (Å²) in [4.78, 5) is 76.2. The molecule has 6 rings (SSSR count). The maximum Gasteiger partial charge on any atom is 0.301 e. The predicted octanol–water partition coefficient (Wildman–Crippen LogP) is 3.47. The number of imide groups is 2. The molecule has 4 aliphatic rings. The molecule has 2 heterocycles. The lowest BCUT2D eigenvalue weighted by Gasteiger charge is -2.50. The molecule has 1 N–H and O–H groups in total. The zero-order valence-corrected chi connectivity index (χ0v) is 25.5. The van der Waals surface area contributed by atoms with Gasteiger partial charge in [-0.25, -0.2) is 4.90 Å². The van der Waals surface area contributed by atoms with Crippen molar-refractivity contribution in [3.63, 3.8) is 0 Å². The summed E-state index contributed by atoms with van der Waals surface area (Å²) in [6.07, 6.45) is 1.40. The van der Waals surface area contributed by atoms with Crippen LogP contribution in [0.5, 0.6) is 5.75 Å². The van der Waals surface area contributed by atoms with Crippen molar-refractivity contribution in [3.05, 3.63) is 73.8 Å². The van der Waals surface area contributed by atoms with Crippen LogP contribution in [-0.4, -0.2) is 74.4 Å². The first-order valence-corrected chi connectivity index (χ1v) is 14.5. The van der Waals surface area contributed by atoms with E-state index in [1.807, 2.05) is 0 Å².